The molecular weight excluding hydrogens is 410 g/mol. The van der Waals surface area contributed by atoms with Crippen LogP contribution in [-0.4, -0.2) is 38.4 Å². The van der Waals surface area contributed by atoms with Crippen LogP contribution in [0.25, 0.3) is 5.57 Å². The van der Waals surface area contributed by atoms with Gasteiger partial charge in [0.2, 0.25) is 10.0 Å². The van der Waals surface area contributed by atoms with E-state index in [1.807, 2.05) is 37.3 Å². The van der Waals surface area contributed by atoms with Gasteiger partial charge in [-0.3, -0.25) is 0 Å². The number of allylic oxidation sites excluding steroid dienone is 2. The first-order valence-corrected chi connectivity index (χ1v) is 11.6. The summed E-state index contributed by atoms with van der Waals surface area (Å²) >= 11 is 0. The predicted molar refractivity (Wildman–Crippen MR) is 123 cm³/mol. The van der Waals surface area contributed by atoms with Gasteiger partial charge in [0.15, 0.2) is 0 Å². The quantitative estimate of drug-likeness (QED) is 0.366. The minimum Gasteiger partial charge on any atom is -0.463 e. The lowest BCUT2D eigenvalue weighted by molar-refractivity contribution is -0.137. The zero-order valence-corrected chi connectivity index (χ0v) is 18.6. The number of carbonyl (C=O) groups excluding carboxylic acids is 1. The molecular formula is C25H27NO4S. The fourth-order valence-corrected chi connectivity index (χ4v) is 5.04. The first-order chi connectivity index (χ1) is 14.9. The first-order valence-electron chi connectivity index (χ1n) is 10.2. The molecule has 0 aromatic heterocycles. The summed E-state index contributed by atoms with van der Waals surface area (Å²) in [5.41, 5.74) is 3.61. The molecule has 31 heavy (non-hydrogen) atoms. The summed E-state index contributed by atoms with van der Waals surface area (Å²) in [5, 5.41) is 0. The van der Waals surface area contributed by atoms with Crippen molar-refractivity contribution in [3.63, 3.8) is 0 Å². The summed E-state index contributed by atoms with van der Waals surface area (Å²) in [4.78, 5) is 12.2. The molecule has 2 aromatic carbocycles. The van der Waals surface area contributed by atoms with Crippen LogP contribution in [0.15, 0.2) is 89.9 Å². The molecule has 5 nitrogen and oxygen atoms in total. The highest BCUT2D eigenvalue weighted by Crippen LogP contribution is 2.35. The smallest absolute Gasteiger partial charge is 0.330 e. The third-order valence-electron chi connectivity index (χ3n) is 5.24. The lowest BCUT2D eigenvalue weighted by atomic mass is 9.92. The van der Waals surface area contributed by atoms with Crippen molar-refractivity contribution in [3.8, 4) is 0 Å². The van der Waals surface area contributed by atoms with Crippen molar-refractivity contribution in [2.24, 2.45) is 5.92 Å². The zero-order valence-electron chi connectivity index (χ0n) is 17.8. The van der Waals surface area contributed by atoms with Crippen LogP contribution >= 0.6 is 0 Å². The van der Waals surface area contributed by atoms with E-state index in [-0.39, 0.29) is 24.0 Å². The van der Waals surface area contributed by atoms with E-state index >= 15 is 0 Å². The van der Waals surface area contributed by atoms with Gasteiger partial charge in [0.05, 0.1) is 11.5 Å². The number of benzene rings is 2. The molecule has 1 heterocycles. The predicted octanol–water partition coefficient (Wildman–Crippen LogP) is 4.37. The van der Waals surface area contributed by atoms with Crippen molar-refractivity contribution in [3.05, 3.63) is 96.1 Å². The maximum atomic E-state index is 13.2. The van der Waals surface area contributed by atoms with Crippen LogP contribution in [0.1, 0.15) is 18.1 Å². The van der Waals surface area contributed by atoms with E-state index in [0.717, 1.165) is 22.3 Å². The number of rotatable bonds is 7. The Morgan fingerprint density at radius 2 is 1.81 bits per heavy atom. The third kappa shape index (κ3) is 5.21. The molecule has 0 spiro atoms. The molecule has 1 saturated heterocycles. The Balaban J connectivity index is 2.04. The third-order valence-corrected chi connectivity index (χ3v) is 7.07. The van der Waals surface area contributed by atoms with Gasteiger partial charge in [0, 0.05) is 25.1 Å². The molecule has 162 valence electrons. The van der Waals surface area contributed by atoms with Crippen LogP contribution in [0, 0.1) is 12.8 Å². The summed E-state index contributed by atoms with van der Waals surface area (Å²) in [6.07, 6.45) is 4.86. The highest BCUT2D eigenvalue weighted by atomic mass is 32.2. The van der Waals surface area contributed by atoms with Crippen LogP contribution in [-0.2, 0) is 19.6 Å². The van der Waals surface area contributed by atoms with Crippen LogP contribution in [0.4, 0.5) is 0 Å². The summed E-state index contributed by atoms with van der Waals surface area (Å²) in [5.74, 6) is -0.601. The lowest BCUT2D eigenvalue weighted by Gasteiger charge is -2.16. The molecule has 1 unspecified atom stereocenters. The van der Waals surface area contributed by atoms with Crippen molar-refractivity contribution in [2.45, 2.75) is 18.7 Å². The average Bonchev–Trinajstić information content (AvgIpc) is 3.20. The Morgan fingerprint density at radius 3 is 2.42 bits per heavy atom. The van der Waals surface area contributed by atoms with Gasteiger partial charge in [0.25, 0.3) is 0 Å². The second-order valence-electron chi connectivity index (χ2n) is 7.34. The zero-order chi connectivity index (χ0) is 22.4. The number of hydrogen-bond acceptors (Lipinski definition) is 4. The molecule has 3 rings (SSSR count). The molecule has 1 aliphatic heterocycles. The molecule has 0 N–H and O–H groups in total. The van der Waals surface area contributed by atoms with E-state index in [0.29, 0.717) is 6.54 Å². The summed E-state index contributed by atoms with van der Waals surface area (Å²) < 4.78 is 33.0. The molecule has 1 fully saturated rings. The Morgan fingerprint density at radius 1 is 1.13 bits per heavy atom. The van der Waals surface area contributed by atoms with E-state index in [1.54, 1.807) is 43.3 Å². The Labute approximate surface area is 184 Å². The fourth-order valence-electron chi connectivity index (χ4n) is 3.59. The van der Waals surface area contributed by atoms with Crippen molar-refractivity contribution >= 4 is 21.6 Å². The van der Waals surface area contributed by atoms with Gasteiger partial charge in [-0.05, 0) is 48.8 Å². The topological polar surface area (TPSA) is 63.7 Å². The van der Waals surface area contributed by atoms with Crippen LogP contribution in [0.2, 0.25) is 0 Å². The SMILES string of the molecule is C=CC1CN(S(=O)(=O)c2ccc(C)cc2)C/C1=C(/C=C/C(=O)OCC)c1ccccc1. The van der Waals surface area contributed by atoms with Gasteiger partial charge in [-0.15, -0.1) is 6.58 Å². The van der Waals surface area contributed by atoms with Gasteiger partial charge >= 0.3 is 5.97 Å². The number of ether oxygens (including phenoxy) is 1. The van der Waals surface area contributed by atoms with Gasteiger partial charge in [0.1, 0.15) is 0 Å². The van der Waals surface area contributed by atoms with Gasteiger partial charge in [-0.25, -0.2) is 13.2 Å². The molecule has 0 saturated carbocycles. The molecule has 0 radical (unpaired) electrons. The summed E-state index contributed by atoms with van der Waals surface area (Å²) in [6, 6.07) is 16.5. The molecule has 0 aliphatic carbocycles. The number of esters is 1. The van der Waals surface area contributed by atoms with E-state index in [4.69, 9.17) is 4.74 Å². The highest BCUT2D eigenvalue weighted by Gasteiger charge is 2.35. The maximum absolute atomic E-state index is 13.2. The van der Waals surface area contributed by atoms with Crippen LogP contribution in [0.3, 0.4) is 0 Å². The second-order valence-corrected chi connectivity index (χ2v) is 9.28. The largest absolute Gasteiger partial charge is 0.463 e. The molecule has 2 aromatic rings. The molecule has 6 heteroatoms. The maximum Gasteiger partial charge on any atom is 0.330 e. The first kappa shape index (κ1) is 22.7. The van der Waals surface area contributed by atoms with Crippen LogP contribution < -0.4 is 0 Å². The van der Waals surface area contributed by atoms with Gasteiger partial charge in [-0.1, -0.05) is 54.1 Å². The summed E-state index contributed by atoms with van der Waals surface area (Å²) in [6.45, 7) is 8.41. The van der Waals surface area contributed by atoms with Crippen molar-refractivity contribution < 1.29 is 17.9 Å². The van der Waals surface area contributed by atoms with Crippen molar-refractivity contribution in [1.29, 1.82) is 0 Å². The molecule has 1 atom stereocenters. The summed E-state index contributed by atoms with van der Waals surface area (Å²) in [7, 11) is -3.65. The highest BCUT2D eigenvalue weighted by molar-refractivity contribution is 7.89. The standard InChI is InChI=1S/C25H27NO4S/c1-4-20-17-26(31(28,29)22-13-11-19(3)12-14-22)18-24(20)23(15-16-25(27)30-5-2)21-9-7-6-8-10-21/h4,6-16,20H,1,5,17-18H2,2-3H3/b16-15+,24-23+. The molecule has 0 amide bonds. The van der Waals surface area contributed by atoms with Gasteiger partial charge < -0.3 is 4.74 Å². The Kier molecular flexibility index (Phi) is 7.25. The lowest BCUT2D eigenvalue weighted by Crippen LogP contribution is -2.28. The number of hydrogen-bond donors (Lipinski definition) is 0. The second kappa shape index (κ2) is 9.90. The van der Waals surface area contributed by atoms with E-state index in [1.165, 1.54) is 10.4 Å². The average molecular weight is 438 g/mol. The minimum atomic E-state index is -3.65. The van der Waals surface area contributed by atoms with E-state index < -0.39 is 16.0 Å². The number of carbonyl (C=O) groups is 1. The van der Waals surface area contributed by atoms with E-state index in [2.05, 4.69) is 6.58 Å². The normalized spacial score (nSPS) is 18.8. The number of nitrogens with zero attached hydrogens (tertiary/aromatic N) is 1. The van der Waals surface area contributed by atoms with Crippen molar-refractivity contribution in [1.82, 2.24) is 4.31 Å². The van der Waals surface area contributed by atoms with Crippen LogP contribution in [0.5, 0.6) is 0 Å². The Bertz CT molecular complexity index is 1100. The number of aryl methyl sites for hydroxylation is 1. The monoisotopic (exact) mass is 437 g/mol. The number of sulfonamides is 1. The van der Waals surface area contributed by atoms with Gasteiger partial charge in [-0.2, -0.15) is 4.31 Å². The molecule has 0 bridgehead atoms. The van der Waals surface area contributed by atoms with Crippen molar-refractivity contribution in [2.75, 3.05) is 19.7 Å². The van der Waals surface area contributed by atoms with E-state index in [9.17, 15) is 13.2 Å². The fraction of sp³-hybridized carbons (Fsp3) is 0.240. The minimum absolute atomic E-state index is 0.165. The molecule has 1 aliphatic rings. The Hall–Kier alpha value is -2.96.